The van der Waals surface area contributed by atoms with Gasteiger partial charge in [0.1, 0.15) is 12.7 Å². The fourth-order valence-corrected chi connectivity index (χ4v) is 4.75. The summed E-state index contributed by atoms with van der Waals surface area (Å²) >= 11 is 0. The Labute approximate surface area is 204 Å². The molecule has 1 fully saturated rings. The van der Waals surface area contributed by atoms with Crippen LogP contribution in [0, 0.1) is 0 Å². The van der Waals surface area contributed by atoms with Crippen LogP contribution in [-0.4, -0.2) is 48.8 Å². The largest absolute Gasteiger partial charge is 0.449 e. The summed E-state index contributed by atoms with van der Waals surface area (Å²) in [6, 6.07) is 23.4. The van der Waals surface area contributed by atoms with Crippen molar-refractivity contribution in [2.75, 3.05) is 26.4 Å². The molecule has 0 saturated carbocycles. The number of rotatable bonds is 8. The van der Waals surface area contributed by atoms with Gasteiger partial charge in [-0.2, -0.15) is 0 Å². The second-order valence-electron chi connectivity index (χ2n) is 8.79. The Bertz CT molecular complexity index is 1110. The summed E-state index contributed by atoms with van der Waals surface area (Å²) in [6.45, 7) is 1.53. The highest BCUT2D eigenvalue weighted by Crippen LogP contribution is 2.44. The first kappa shape index (κ1) is 23.5. The first-order valence-electron chi connectivity index (χ1n) is 11.9. The van der Waals surface area contributed by atoms with Gasteiger partial charge in [-0.05, 0) is 34.2 Å². The predicted octanol–water partition coefficient (Wildman–Crippen LogP) is 4.06. The highest BCUT2D eigenvalue weighted by Gasteiger charge is 2.29. The minimum Gasteiger partial charge on any atom is -0.449 e. The van der Waals surface area contributed by atoms with Crippen molar-refractivity contribution in [3.8, 4) is 11.1 Å². The van der Waals surface area contributed by atoms with Gasteiger partial charge >= 0.3 is 6.09 Å². The predicted molar refractivity (Wildman–Crippen MR) is 130 cm³/mol. The molecule has 182 valence electrons. The number of alkyl carbamates (subject to hydrolysis) is 1. The summed E-state index contributed by atoms with van der Waals surface area (Å²) < 4.78 is 16.4. The molecule has 1 saturated heterocycles. The molecule has 0 radical (unpaired) electrons. The Morgan fingerprint density at radius 2 is 1.51 bits per heavy atom. The molecule has 1 aliphatic carbocycles. The second-order valence-corrected chi connectivity index (χ2v) is 8.79. The van der Waals surface area contributed by atoms with Gasteiger partial charge < -0.3 is 29.7 Å². The van der Waals surface area contributed by atoms with Crippen LogP contribution in [0.5, 0.6) is 0 Å². The monoisotopic (exact) mass is 475 g/mol. The lowest BCUT2D eigenvalue weighted by Crippen LogP contribution is -2.30. The van der Waals surface area contributed by atoms with Gasteiger partial charge in [-0.15, -0.1) is 0 Å². The van der Waals surface area contributed by atoms with Crippen LogP contribution in [0.3, 0.4) is 0 Å². The summed E-state index contributed by atoms with van der Waals surface area (Å²) in [5, 5.41) is 23.6. The van der Waals surface area contributed by atoms with Crippen LogP contribution in [0.4, 0.5) is 4.79 Å². The van der Waals surface area contributed by atoms with Gasteiger partial charge in [0.25, 0.3) is 0 Å². The van der Waals surface area contributed by atoms with Crippen molar-refractivity contribution >= 4 is 6.09 Å². The summed E-state index contributed by atoms with van der Waals surface area (Å²) in [5.41, 5.74) is 6.09. The molecule has 1 aliphatic heterocycles. The number of amides is 1. The number of aliphatic hydroxyl groups excluding tert-OH is 2. The topological polar surface area (TPSA) is 97.3 Å². The molecular formula is C28H29NO6. The zero-order valence-electron chi connectivity index (χ0n) is 19.3. The van der Waals surface area contributed by atoms with E-state index in [1.54, 1.807) is 12.1 Å². The van der Waals surface area contributed by atoms with E-state index in [0.29, 0.717) is 18.8 Å². The average molecular weight is 476 g/mol. The molecule has 3 N–H and O–H groups in total. The number of carbonyl (C=O) groups is 1. The van der Waals surface area contributed by atoms with Crippen molar-refractivity contribution < 1.29 is 29.2 Å². The Kier molecular flexibility index (Phi) is 7.11. The van der Waals surface area contributed by atoms with E-state index >= 15 is 0 Å². The summed E-state index contributed by atoms with van der Waals surface area (Å²) in [4.78, 5) is 12.3. The summed E-state index contributed by atoms with van der Waals surface area (Å²) in [5.74, 6) is -0.0106. The molecule has 0 bridgehead atoms. The molecule has 7 heteroatoms. The SMILES string of the molecule is O=C(NCCC(O)C(O)c1ccc(C2OCCO2)cc1)OCC1c2ccccc2-c2ccccc21. The van der Waals surface area contributed by atoms with Crippen molar-refractivity contribution in [1.82, 2.24) is 5.32 Å². The van der Waals surface area contributed by atoms with Crippen molar-refractivity contribution in [2.24, 2.45) is 0 Å². The molecule has 1 amide bonds. The Morgan fingerprint density at radius 3 is 2.14 bits per heavy atom. The number of nitrogens with one attached hydrogen (secondary N) is 1. The smallest absolute Gasteiger partial charge is 0.407 e. The number of fused-ring (bicyclic) bond motifs is 3. The van der Waals surface area contributed by atoms with Crippen molar-refractivity contribution in [1.29, 1.82) is 0 Å². The quantitative estimate of drug-likeness (QED) is 0.455. The Hall–Kier alpha value is -3.23. The van der Waals surface area contributed by atoms with Crippen molar-refractivity contribution in [2.45, 2.75) is 30.8 Å². The molecule has 0 spiro atoms. The molecule has 3 aromatic carbocycles. The number of carbonyl (C=O) groups excluding carboxylic acids is 1. The van der Waals surface area contributed by atoms with Crippen LogP contribution in [0.15, 0.2) is 72.8 Å². The van der Waals surface area contributed by atoms with Crippen LogP contribution < -0.4 is 5.32 Å². The van der Waals surface area contributed by atoms with Gasteiger partial charge in [0.2, 0.25) is 0 Å². The van der Waals surface area contributed by atoms with Crippen LogP contribution in [-0.2, 0) is 14.2 Å². The lowest BCUT2D eigenvalue weighted by atomic mass is 9.98. The molecule has 7 nitrogen and oxygen atoms in total. The third-order valence-corrected chi connectivity index (χ3v) is 6.59. The number of benzene rings is 3. The van der Waals surface area contributed by atoms with Crippen LogP contribution in [0.25, 0.3) is 11.1 Å². The molecule has 1 heterocycles. The Balaban J connectivity index is 1.09. The molecule has 2 atom stereocenters. The standard InChI is InChI=1S/C28H29NO6/c30-25(26(31)18-9-11-19(12-10-18)27-33-15-16-34-27)13-14-29-28(32)35-17-24-22-7-3-1-5-20(22)21-6-2-4-8-23(21)24/h1-12,24-27,30-31H,13-17H2,(H,29,32). The van der Waals surface area contributed by atoms with Crippen molar-refractivity contribution in [3.05, 3.63) is 95.1 Å². The zero-order valence-corrected chi connectivity index (χ0v) is 19.3. The molecule has 5 rings (SSSR count). The van der Waals surface area contributed by atoms with E-state index < -0.39 is 18.3 Å². The minimum atomic E-state index is -1.07. The van der Waals surface area contributed by atoms with E-state index in [-0.39, 0.29) is 31.8 Å². The number of hydrogen-bond donors (Lipinski definition) is 3. The number of aliphatic hydroxyl groups is 2. The fourth-order valence-electron chi connectivity index (χ4n) is 4.75. The zero-order chi connectivity index (χ0) is 24.2. The van der Waals surface area contributed by atoms with Crippen LogP contribution >= 0.6 is 0 Å². The molecular weight excluding hydrogens is 446 g/mol. The highest BCUT2D eigenvalue weighted by molar-refractivity contribution is 5.79. The fraction of sp³-hybridized carbons (Fsp3) is 0.321. The van der Waals surface area contributed by atoms with E-state index in [4.69, 9.17) is 14.2 Å². The first-order chi connectivity index (χ1) is 17.1. The summed E-state index contributed by atoms with van der Waals surface area (Å²) in [6.07, 6.45) is -2.85. The van der Waals surface area contributed by atoms with Gasteiger partial charge in [-0.1, -0.05) is 72.8 Å². The molecule has 2 unspecified atom stereocenters. The summed E-state index contributed by atoms with van der Waals surface area (Å²) in [7, 11) is 0. The van der Waals surface area contributed by atoms with Gasteiger partial charge in [0, 0.05) is 18.0 Å². The highest BCUT2D eigenvalue weighted by atomic mass is 16.7. The van der Waals surface area contributed by atoms with Crippen LogP contribution in [0.1, 0.15) is 47.0 Å². The van der Waals surface area contributed by atoms with E-state index in [9.17, 15) is 15.0 Å². The maximum atomic E-state index is 12.3. The second kappa shape index (κ2) is 10.6. The Morgan fingerprint density at radius 1 is 0.914 bits per heavy atom. The van der Waals surface area contributed by atoms with E-state index in [2.05, 4.69) is 29.6 Å². The number of ether oxygens (including phenoxy) is 3. The van der Waals surface area contributed by atoms with Gasteiger partial charge in [-0.25, -0.2) is 4.79 Å². The third kappa shape index (κ3) is 5.09. The van der Waals surface area contributed by atoms with Gasteiger partial charge in [0.15, 0.2) is 6.29 Å². The van der Waals surface area contributed by atoms with Crippen LogP contribution in [0.2, 0.25) is 0 Å². The van der Waals surface area contributed by atoms with E-state index in [0.717, 1.165) is 16.7 Å². The third-order valence-electron chi connectivity index (χ3n) is 6.59. The maximum absolute atomic E-state index is 12.3. The first-order valence-corrected chi connectivity index (χ1v) is 11.9. The lowest BCUT2D eigenvalue weighted by molar-refractivity contribution is -0.0441. The van der Waals surface area contributed by atoms with E-state index in [1.807, 2.05) is 36.4 Å². The van der Waals surface area contributed by atoms with E-state index in [1.165, 1.54) is 11.1 Å². The molecule has 0 aromatic heterocycles. The maximum Gasteiger partial charge on any atom is 0.407 e. The normalized spacial score (nSPS) is 17.0. The average Bonchev–Trinajstić information content (AvgIpc) is 3.54. The minimum absolute atomic E-state index is 0.0106. The lowest BCUT2D eigenvalue weighted by Gasteiger charge is -2.19. The molecule has 3 aromatic rings. The van der Waals surface area contributed by atoms with Gasteiger partial charge in [0.05, 0.1) is 19.3 Å². The molecule has 2 aliphatic rings. The van der Waals surface area contributed by atoms with Gasteiger partial charge in [-0.3, -0.25) is 0 Å². The molecule has 35 heavy (non-hydrogen) atoms. The number of hydrogen-bond acceptors (Lipinski definition) is 6. The van der Waals surface area contributed by atoms with Crippen molar-refractivity contribution in [3.63, 3.8) is 0 Å².